The van der Waals surface area contributed by atoms with Crippen molar-refractivity contribution >= 4 is 12.2 Å². The Morgan fingerprint density at radius 2 is 1.72 bits per heavy atom. The average molecular weight is 336 g/mol. The van der Waals surface area contributed by atoms with E-state index in [1.807, 2.05) is 42.5 Å². The molecule has 3 rings (SSSR count). The summed E-state index contributed by atoms with van der Waals surface area (Å²) < 4.78 is 15.8. The van der Waals surface area contributed by atoms with Crippen LogP contribution in [0.5, 0.6) is 11.5 Å². The Hall–Kier alpha value is -3.08. The Kier molecular flexibility index (Phi) is 5.14. The highest BCUT2D eigenvalue weighted by atomic mass is 16.5. The first-order valence-corrected chi connectivity index (χ1v) is 7.96. The predicted octanol–water partition coefficient (Wildman–Crippen LogP) is 4.16. The van der Waals surface area contributed by atoms with Crippen molar-refractivity contribution in [1.29, 1.82) is 0 Å². The van der Waals surface area contributed by atoms with E-state index in [2.05, 4.69) is 29.2 Å². The molecule has 1 aromatic heterocycles. The molecule has 0 saturated heterocycles. The zero-order valence-corrected chi connectivity index (χ0v) is 14.5. The number of ether oxygens (including phenoxy) is 2. The largest absolute Gasteiger partial charge is 0.493 e. The molecular weight excluding hydrogens is 316 g/mol. The first-order valence-electron chi connectivity index (χ1n) is 7.96. The summed E-state index contributed by atoms with van der Waals surface area (Å²) in [7, 11) is 3.23. The minimum Gasteiger partial charge on any atom is -0.493 e. The number of methoxy groups -OCH3 is 2. The van der Waals surface area contributed by atoms with E-state index in [1.54, 1.807) is 14.2 Å². The van der Waals surface area contributed by atoms with E-state index in [0.717, 1.165) is 11.1 Å². The normalized spacial score (nSPS) is 11.0. The van der Waals surface area contributed by atoms with Crippen LogP contribution in [0.3, 0.4) is 0 Å². The van der Waals surface area contributed by atoms with Gasteiger partial charge in [0.05, 0.1) is 14.2 Å². The Morgan fingerprint density at radius 1 is 0.960 bits per heavy atom. The van der Waals surface area contributed by atoms with Gasteiger partial charge in [0.1, 0.15) is 0 Å². The number of hydrogen-bond donors (Lipinski definition) is 0. The molecule has 1 heterocycles. The third-order valence-corrected chi connectivity index (χ3v) is 3.79. The Labute approximate surface area is 146 Å². The van der Waals surface area contributed by atoms with Gasteiger partial charge in [0, 0.05) is 12.5 Å². The molecule has 0 aliphatic heterocycles. The van der Waals surface area contributed by atoms with Gasteiger partial charge in [-0.15, -0.1) is 0 Å². The van der Waals surface area contributed by atoms with Crippen LogP contribution in [0.25, 0.3) is 12.2 Å². The third kappa shape index (κ3) is 4.26. The first kappa shape index (κ1) is 16.8. The molecule has 0 aliphatic carbocycles. The fourth-order valence-corrected chi connectivity index (χ4v) is 2.43. The second kappa shape index (κ2) is 7.66. The molecule has 0 atom stereocenters. The Morgan fingerprint density at radius 3 is 2.44 bits per heavy atom. The number of benzene rings is 2. The summed E-state index contributed by atoms with van der Waals surface area (Å²) in [6.45, 7) is 2.06. The van der Waals surface area contributed by atoms with Crippen molar-refractivity contribution in [2.24, 2.45) is 0 Å². The second-order valence-electron chi connectivity index (χ2n) is 5.66. The lowest BCUT2D eigenvalue weighted by Gasteiger charge is -2.08. The van der Waals surface area contributed by atoms with Gasteiger partial charge >= 0.3 is 0 Å². The van der Waals surface area contributed by atoms with Crippen LogP contribution in [0.4, 0.5) is 0 Å². The van der Waals surface area contributed by atoms with Crippen molar-refractivity contribution in [3.8, 4) is 11.5 Å². The molecule has 0 bridgehead atoms. The summed E-state index contributed by atoms with van der Waals surface area (Å²) >= 11 is 0. The van der Waals surface area contributed by atoms with Gasteiger partial charge < -0.3 is 14.0 Å². The number of nitrogens with zero attached hydrogens (tertiary/aromatic N) is 2. The molecule has 0 N–H and O–H groups in total. The maximum atomic E-state index is 5.32. The van der Waals surface area contributed by atoms with Gasteiger partial charge in [-0.05, 0) is 36.3 Å². The smallest absolute Gasteiger partial charge is 0.250 e. The lowest BCUT2D eigenvalue weighted by molar-refractivity contribution is 0.354. The van der Waals surface area contributed by atoms with Gasteiger partial charge in [-0.3, -0.25) is 0 Å². The molecule has 0 aliphatic rings. The van der Waals surface area contributed by atoms with E-state index >= 15 is 0 Å². The quantitative estimate of drug-likeness (QED) is 0.676. The van der Waals surface area contributed by atoms with Gasteiger partial charge in [-0.1, -0.05) is 41.1 Å². The highest BCUT2D eigenvalue weighted by molar-refractivity contribution is 5.65. The molecule has 0 radical (unpaired) electrons. The standard InChI is InChI=1S/C20H20N2O3/c1-14-4-6-15(7-5-14)9-11-20-21-19(22-25-20)13-16-8-10-17(23-2)18(12-16)24-3/h4-12H,13H2,1-3H3. The van der Waals surface area contributed by atoms with Crippen LogP contribution >= 0.6 is 0 Å². The monoisotopic (exact) mass is 336 g/mol. The van der Waals surface area contributed by atoms with Gasteiger partial charge in [0.2, 0.25) is 0 Å². The highest BCUT2D eigenvalue weighted by Gasteiger charge is 2.09. The lowest BCUT2D eigenvalue weighted by Crippen LogP contribution is -1.95. The molecule has 0 spiro atoms. The van der Waals surface area contributed by atoms with Crippen LogP contribution in [0.15, 0.2) is 47.0 Å². The minimum atomic E-state index is 0.482. The van der Waals surface area contributed by atoms with Crippen LogP contribution in [-0.4, -0.2) is 24.4 Å². The summed E-state index contributed by atoms with van der Waals surface area (Å²) in [4.78, 5) is 4.40. The number of hydrogen-bond acceptors (Lipinski definition) is 5. The van der Waals surface area contributed by atoms with Crippen molar-refractivity contribution in [3.63, 3.8) is 0 Å². The van der Waals surface area contributed by atoms with Crippen LogP contribution in [0, 0.1) is 6.92 Å². The molecule has 5 nitrogen and oxygen atoms in total. The number of rotatable bonds is 6. The maximum absolute atomic E-state index is 5.32. The zero-order valence-electron chi connectivity index (χ0n) is 14.5. The lowest BCUT2D eigenvalue weighted by atomic mass is 10.1. The zero-order chi connectivity index (χ0) is 17.6. The molecule has 5 heteroatoms. The van der Waals surface area contributed by atoms with Gasteiger partial charge in [0.15, 0.2) is 17.3 Å². The third-order valence-electron chi connectivity index (χ3n) is 3.79. The maximum Gasteiger partial charge on any atom is 0.250 e. The summed E-state index contributed by atoms with van der Waals surface area (Å²) in [6, 6.07) is 14.0. The van der Waals surface area contributed by atoms with E-state index in [9.17, 15) is 0 Å². The van der Waals surface area contributed by atoms with Gasteiger partial charge in [-0.25, -0.2) is 0 Å². The molecule has 0 amide bonds. The van der Waals surface area contributed by atoms with E-state index < -0.39 is 0 Å². The summed E-state index contributed by atoms with van der Waals surface area (Å²) in [5.74, 6) is 2.48. The summed E-state index contributed by atoms with van der Waals surface area (Å²) in [6.07, 6.45) is 4.32. The molecule has 3 aromatic rings. The summed E-state index contributed by atoms with van der Waals surface area (Å²) in [5.41, 5.74) is 3.34. The molecule has 0 fully saturated rings. The topological polar surface area (TPSA) is 57.4 Å². The Bertz CT molecular complexity index is 867. The fraction of sp³-hybridized carbons (Fsp3) is 0.200. The van der Waals surface area contributed by atoms with Gasteiger partial charge in [0.25, 0.3) is 5.89 Å². The SMILES string of the molecule is COc1ccc(Cc2noc(C=Cc3ccc(C)cc3)n2)cc1OC. The van der Waals surface area contributed by atoms with Crippen molar-refractivity contribution in [1.82, 2.24) is 10.1 Å². The molecule has 128 valence electrons. The van der Waals surface area contributed by atoms with E-state index in [0.29, 0.717) is 29.6 Å². The highest BCUT2D eigenvalue weighted by Crippen LogP contribution is 2.28. The van der Waals surface area contributed by atoms with Crippen LogP contribution in [0.2, 0.25) is 0 Å². The van der Waals surface area contributed by atoms with Crippen LogP contribution < -0.4 is 9.47 Å². The van der Waals surface area contributed by atoms with E-state index in [-0.39, 0.29) is 0 Å². The molecule has 0 unspecified atom stereocenters. The summed E-state index contributed by atoms with van der Waals surface area (Å²) in [5, 5.41) is 4.03. The van der Waals surface area contributed by atoms with Crippen molar-refractivity contribution < 1.29 is 14.0 Å². The van der Waals surface area contributed by atoms with E-state index in [4.69, 9.17) is 14.0 Å². The average Bonchev–Trinajstić information content (AvgIpc) is 3.08. The van der Waals surface area contributed by atoms with Crippen molar-refractivity contribution in [3.05, 3.63) is 70.9 Å². The molecule has 2 aromatic carbocycles. The minimum absolute atomic E-state index is 0.482. The van der Waals surface area contributed by atoms with Crippen LogP contribution in [-0.2, 0) is 6.42 Å². The molecule has 0 saturated carbocycles. The first-order chi connectivity index (χ1) is 12.2. The van der Waals surface area contributed by atoms with E-state index in [1.165, 1.54) is 5.56 Å². The Balaban J connectivity index is 1.70. The number of aromatic nitrogens is 2. The number of aryl methyl sites for hydroxylation is 1. The van der Waals surface area contributed by atoms with Crippen molar-refractivity contribution in [2.45, 2.75) is 13.3 Å². The second-order valence-corrected chi connectivity index (χ2v) is 5.66. The van der Waals surface area contributed by atoms with Gasteiger partial charge in [-0.2, -0.15) is 4.98 Å². The molecule has 25 heavy (non-hydrogen) atoms. The predicted molar refractivity (Wildman–Crippen MR) is 96.8 cm³/mol. The van der Waals surface area contributed by atoms with Crippen LogP contribution in [0.1, 0.15) is 28.4 Å². The molecular formula is C20H20N2O3. The fourth-order valence-electron chi connectivity index (χ4n) is 2.43. The van der Waals surface area contributed by atoms with Crippen molar-refractivity contribution in [2.75, 3.05) is 14.2 Å².